The van der Waals surface area contributed by atoms with Gasteiger partial charge in [0.1, 0.15) is 0 Å². The van der Waals surface area contributed by atoms with E-state index < -0.39 is 11.9 Å². The summed E-state index contributed by atoms with van der Waals surface area (Å²) < 4.78 is 0. The molecule has 12 heavy (non-hydrogen) atoms. The van der Waals surface area contributed by atoms with Crippen LogP contribution in [0.2, 0.25) is 5.02 Å². The first-order valence-electron chi connectivity index (χ1n) is 3.42. The summed E-state index contributed by atoms with van der Waals surface area (Å²) in [4.78, 5) is 0. The third kappa shape index (κ3) is 1.47. The molecule has 0 amide bonds. The van der Waals surface area contributed by atoms with Crippen molar-refractivity contribution in [2.24, 2.45) is 0 Å². The molecule has 0 heterocycles. The van der Waals surface area contributed by atoms with Gasteiger partial charge in [-0.05, 0) is 13.0 Å². The summed E-state index contributed by atoms with van der Waals surface area (Å²) in [5.74, 6) is -0.681. The third-order valence-corrected chi connectivity index (χ3v) is 1.97. The molecular formula is C8H9ClO3. The van der Waals surface area contributed by atoms with E-state index in [1.165, 1.54) is 19.1 Å². The van der Waals surface area contributed by atoms with Crippen molar-refractivity contribution in [2.75, 3.05) is 0 Å². The van der Waals surface area contributed by atoms with Crippen molar-refractivity contribution in [3.63, 3.8) is 0 Å². The minimum atomic E-state index is -0.760. The highest BCUT2D eigenvalue weighted by atomic mass is 35.5. The first-order valence-corrected chi connectivity index (χ1v) is 3.80. The van der Waals surface area contributed by atoms with Crippen molar-refractivity contribution in [3.8, 4) is 11.5 Å². The van der Waals surface area contributed by atoms with Gasteiger partial charge in [0, 0.05) is 5.56 Å². The van der Waals surface area contributed by atoms with Crippen LogP contribution in [0.3, 0.4) is 0 Å². The van der Waals surface area contributed by atoms with Crippen molar-refractivity contribution in [1.29, 1.82) is 0 Å². The summed E-state index contributed by atoms with van der Waals surface area (Å²) in [5.41, 5.74) is 0.395. The molecule has 3 nitrogen and oxygen atoms in total. The number of hydrogen-bond acceptors (Lipinski definition) is 3. The van der Waals surface area contributed by atoms with Crippen LogP contribution in [-0.4, -0.2) is 15.3 Å². The fraction of sp³-hybridized carbons (Fsp3) is 0.250. The summed E-state index contributed by atoms with van der Waals surface area (Å²) in [5, 5.41) is 27.3. The van der Waals surface area contributed by atoms with E-state index in [4.69, 9.17) is 26.9 Å². The van der Waals surface area contributed by atoms with Crippen molar-refractivity contribution in [2.45, 2.75) is 13.0 Å². The van der Waals surface area contributed by atoms with E-state index in [1.807, 2.05) is 0 Å². The minimum absolute atomic E-state index is 0.00926. The second-order valence-corrected chi connectivity index (χ2v) is 2.89. The molecule has 0 aliphatic heterocycles. The van der Waals surface area contributed by atoms with Gasteiger partial charge < -0.3 is 15.3 Å². The van der Waals surface area contributed by atoms with Crippen molar-refractivity contribution in [1.82, 2.24) is 0 Å². The Morgan fingerprint density at radius 2 is 1.92 bits per heavy atom. The number of aliphatic hydroxyl groups is 1. The summed E-state index contributed by atoms with van der Waals surface area (Å²) in [6.45, 7) is 1.53. The Labute approximate surface area is 74.8 Å². The lowest BCUT2D eigenvalue weighted by Crippen LogP contribution is -1.91. The van der Waals surface area contributed by atoms with Gasteiger partial charge in [0.25, 0.3) is 0 Å². The average molecular weight is 189 g/mol. The van der Waals surface area contributed by atoms with E-state index >= 15 is 0 Å². The van der Waals surface area contributed by atoms with Crippen molar-refractivity contribution < 1.29 is 15.3 Å². The Hall–Kier alpha value is -0.930. The van der Waals surface area contributed by atoms with Gasteiger partial charge >= 0.3 is 0 Å². The maximum atomic E-state index is 9.14. The minimum Gasteiger partial charge on any atom is -0.504 e. The number of phenols is 2. The molecule has 3 N–H and O–H groups in total. The molecule has 0 aliphatic rings. The summed E-state index contributed by atoms with van der Waals surface area (Å²) in [6.07, 6.45) is -0.760. The quantitative estimate of drug-likeness (QED) is 0.589. The molecule has 0 spiro atoms. The highest BCUT2D eigenvalue weighted by molar-refractivity contribution is 6.33. The number of aromatic hydroxyl groups is 2. The highest BCUT2D eigenvalue weighted by Crippen LogP contribution is 2.37. The number of benzene rings is 1. The Morgan fingerprint density at radius 1 is 1.33 bits per heavy atom. The van der Waals surface area contributed by atoms with Gasteiger partial charge in [0.2, 0.25) is 0 Å². The maximum Gasteiger partial charge on any atom is 0.176 e. The molecule has 66 valence electrons. The number of halogens is 1. The van der Waals surface area contributed by atoms with Crippen LogP contribution in [0.4, 0.5) is 0 Å². The Balaban J connectivity index is 3.27. The van der Waals surface area contributed by atoms with E-state index in [-0.39, 0.29) is 10.8 Å². The Bertz CT molecular complexity index is 297. The standard InChI is InChI=1S/C8H9ClO3/c1-4(10)5-2-3-6(11)8(12)7(5)9/h2-4,10-12H,1H3. The van der Waals surface area contributed by atoms with E-state index in [0.717, 1.165) is 0 Å². The van der Waals surface area contributed by atoms with Gasteiger partial charge in [0.15, 0.2) is 11.5 Å². The van der Waals surface area contributed by atoms with E-state index in [1.54, 1.807) is 0 Å². The zero-order valence-corrected chi connectivity index (χ0v) is 7.21. The molecule has 0 aliphatic carbocycles. The third-order valence-electron chi connectivity index (χ3n) is 1.57. The molecule has 0 saturated carbocycles. The molecule has 0 saturated heterocycles. The molecule has 1 rings (SSSR count). The monoisotopic (exact) mass is 188 g/mol. The lowest BCUT2D eigenvalue weighted by Gasteiger charge is -2.08. The summed E-state index contributed by atoms with van der Waals surface area (Å²) in [6, 6.07) is 2.74. The van der Waals surface area contributed by atoms with Crippen molar-refractivity contribution in [3.05, 3.63) is 22.7 Å². The lowest BCUT2D eigenvalue weighted by atomic mass is 10.1. The van der Waals surface area contributed by atoms with Gasteiger partial charge in [0.05, 0.1) is 11.1 Å². The Morgan fingerprint density at radius 3 is 2.42 bits per heavy atom. The van der Waals surface area contributed by atoms with E-state index in [0.29, 0.717) is 5.56 Å². The van der Waals surface area contributed by atoms with E-state index in [9.17, 15) is 0 Å². The SMILES string of the molecule is CC(O)c1ccc(O)c(O)c1Cl. The molecule has 1 aromatic carbocycles. The molecule has 0 bridgehead atoms. The van der Waals surface area contributed by atoms with Crippen LogP contribution in [0.5, 0.6) is 11.5 Å². The van der Waals surface area contributed by atoms with Crippen LogP contribution in [0, 0.1) is 0 Å². The molecule has 4 heteroatoms. The van der Waals surface area contributed by atoms with Gasteiger partial charge in [-0.15, -0.1) is 0 Å². The predicted octanol–water partition coefficient (Wildman–Crippen LogP) is 1.80. The second-order valence-electron chi connectivity index (χ2n) is 2.51. The first-order chi connectivity index (χ1) is 5.54. The van der Waals surface area contributed by atoms with Crippen LogP contribution >= 0.6 is 11.6 Å². The van der Waals surface area contributed by atoms with Crippen LogP contribution < -0.4 is 0 Å². The zero-order chi connectivity index (χ0) is 9.30. The highest BCUT2D eigenvalue weighted by Gasteiger charge is 2.12. The molecular weight excluding hydrogens is 180 g/mol. The molecule has 0 fully saturated rings. The largest absolute Gasteiger partial charge is 0.504 e. The maximum absolute atomic E-state index is 9.14. The topological polar surface area (TPSA) is 60.7 Å². The van der Waals surface area contributed by atoms with Gasteiger partial charge in [-0.25, -0.2) is 0 Å². The molecule has 1 unspecified atom stereocenters. The van der Waals surface area contributed by atoms with Gasteiger partial charge in [-0.2, -0.15) is 0 Å². The smallest absolute Gasteiger partial charge is 0.176 e. The lowest BCUT2D eigenvalue weighted by molar-refractivity contribution is 0.199. The van der Waals surface area contributed by atoms with Crippen molar-refractivity contribution >= 4 is 11.6 Å². The van der Waals surface area contributed by atoms with Gasteiger partial charge in [-0.3, -0.25) is 0 Å². The normalized spacial score (nSPS) is 12.9. The number of rotatable bonds is 1. The number of aliphatic hydroxyl groups excluding tert-OH is 1. The van der Waals surface area contributed by atoms with E-state index in [2.05, 4.69) is 0 Å². The first kappa shape index (κ1) is 9.16. The number of hydrogen-bond donors (Lipinski definition) is 3. The molecule has 0 radical (unpaired) electrons. The average Bonchev–Trinajstić information content (AvgIpc) is 2.00. The molecule has 0 aromatic heterocycles. The van der Waals surface area contributed by atoms with Gasteiger partial charge in [-0.1, -0.05) is 17.7 Å². The zero-order valence-electron chi connectivity index (χ0n) is 6.45. The predicted molar refractivity (Wildman–Crippen MR) is 45.4 cm³/mol. The van der Waals surface area contributed by atoms with Crippen LogP contribution in [0.15, 0.2) is 12.1 Å². The Kier molecular flexibility index (Phi) is 2.45. The van der Waals surface area contributed by atoms with Crippen LogP contribution in [-0.2, 0) is 0 Å². The summed E-state index contributed by atoms with van der Waals surface area (Å²) in [7, 11) is 0. The van der Waals surface area contributed by atoms with Crippen LogP contribution in [0.25, 0.3) is 0 Å². The fourth-order valence-corrected chi connectivity index (χ4v) is 1.21. The molecule has 1 aromatic rings. The second kappa shape index (κ2) is 3.21. The van der Waals surface area contributed by atoms with Crippen LogP contribution in [0.1, 0.15) is 18.6 Å². The summed E-state index contributed by atoms with van der Waals surface area (Å²) >= 11 is 5.62. The fourth-order valence-electron chi connectivity index (χ4n) is 0.893. The molecule has 1 atom stereocenters. The number of phenolic OH excluding ortho intramolecular Hbond substituents is 2.